The van der Waals surface area contributed by atoms with E-state index in [1.807, 2.05) is 6.92 Å². The maximum atomic E-state index is 12.3. The fourth-order valence-corrected chi connectivity index (χ4v) is 1.86. The standard InChI is InChI=1S/C15H23N3O3/c1-4-18(10-14(20)17(2)3)15(21)13(16)9-11-5-7-12(19)8-6-11/h5-8,13,19H,4,9-10,16H2,1-3H3/t13-/m1/s1. The maximum absolute atomic E-state index is 12.3. The monoisotopic (exact) mass is 293 g/mol. The van der Waals surface area contributed by atoms with Gasteiger partial charge in [-0.1, -0.05) is 12.1 Å². The van der Waals surface area contributed by atoms with Crippen molar-refractivity contribution in [2.45, 2.75) is 19.4 Å². The Labute approximate surface area is 125 Å². The number of nitrogens with zero attached hydrogens (tertiary/aromatic N) is 2. The van der Waals surface area contributed by atoms with Crippen LogP contribution in [0.25, 0.3) is 0 Å². The van der Waals surface area contributed by atoms with Gasteiger partial charge in [-0.05, 0) is 31.0 Å². The smallest absolute Gasteiger partial charge is 0.241 e. The summed E-state index contributed by atoms with van der Waals surface area (Å²) in [5.74, 6) is -0.215. The molecule has 116 valence electrons. The molecular weight excluding hydrogens is 270 g/mol. The number of nitrogens with two attached hydrogens (primary N) is 1. The van der Waals surface area contributed by atoms with Crippen molar-refractivity contribution in [2.24, 2.45) is 5.73 Å². The van der Waals surface area contributed by atoms with Crippen LogP contribution in [0, 0.1) is 0 Å². The summed E-state index contributed by atoms with van der Waals surface area (Å²) in [4.78, 5) is 26.9. The van der Waals surface area contributed by atoms with E-state index in [1.54, 1.807) is 38.4 Å². The first-order valence-electron chi connectivity index (χ1n) is 6.87. The summed E-state index contributed by atoms with van der Waals surface area (Å²) in [6.45, 7) is 2.28. The van der Waals surface area contributed by atoms with Crippen LogP contribution >= 0.6 is 0 Å². The number of rotatable bonds is 6. The summed E-state index contributed by atoms with van der Waals surface area (Å²) in [7, 11) is 3.30. The van der Waals surface area contributed by atoms with Gasteiger partial charge in [0.25, 0.3) is 0 Å². The Hall–Kier alpha value is -2.08. The van der Waals surface area contributed by atoms with Gasteiger partial charge in [0, 0.05) is 20.6 Å². The molecule has 0 aliphatic heterocycles. The van der Waals surface area contributed by atoms with Crippen LogP contribution in [0.5, 0.6) is 5.75 Å². The van der Waals surface area contributed by atoms with E-state index in [4.69, 9.17) is 5.73 Å². The topological polar surface area (TPSA) is 86.9 Å². The molecule has 21 heavy (non-hydrogen) atoms. The average Bonchev–Trinajstić information content (AvgIpc) is 2.45. The zero-order valence-corrected chi connectivity index (χ0v) is 12.7. The second-order valence-corrected chi connectivity index (χ2v) is 5.12. The number of phenols is 1. The summed E-state index contributed by atoms with van der Waals surface area (Å²) < 4.78 is 0. The molecule has 0 unspecified atom stereocenters. The molecule has 1 atom stereocenters. The zero-order valence-electron chi connectivity index (χ0n) is 12.7. The number of aromatic hydroxyl groups is 1. The SMILES string of the molecule is CCN(CC(=O)N(C)C)C(=O)[C@H](N)Cc1ccc(O)cc1. The first-order valence-corrected chi connectivity index (χ1v) is 6.87. The van der Waals surface area contributed by atoms with Crippen molar-refractivity contribution in [2.75, 3.05) is 27.2 Å². The van der Waals surface area contributed by atoms with E-state index in [2.05, 4.69) is 0 Å². The van der Waals surface area contributed by atoms with E-state index in [0.29, 0.717) is 13.0 Å². The Morgan fingerprint density at radius 1 is 1.24 bits per heavy atom. The van der Waals surface area contributed by atoms with Gasteiger partial charge in [-0.2, -0.15) is 0 Å². The number of phenolic OH excluding ortho intramolecular Hbond substituents is 1. The molecule has 0 radical (unpaired) electrons. The Morgan fingerprint density at radius 3 is 2.29 bits per heavy atom. The number of hydrogen-bond acceptors (Lipinski definition) is 4. The third-order valence-corrected chi connectivity index (χ3v) is 3.23. The van der Waals surface area contributed by atoms with Gasteiger partial charge in [0.1, 0.15) is 5.75 Å². The van der Waals surface area contributed by atoms with Crippen LogP contribution in [0.2, 0.25) is 0 Å². The van der Waals surface area contributed by atoms with E-state index in [-0.39, 0.29) is 24.1 Å². The van der Waals surface area contributed by atoms with Crippen LogP contribution in [-0.4, -0.2) is 59.9 Å². The minimum atomic E-state index is -0.704. The molecule has 3 N–H and O–H groups in total. The third kappa shape index (κ3) is 5.07. The van der Waals surface area contributed by atoms with Gasteiger partial charge in [-0.3, -0.25) is 9.59 Å². The molecule has 0 aromatic heterocycles. The van der Waals surface area contributed by atoms with E-state index in [0.717, 1.165) is 5.56 Å². The molecule has 1 aromatic rings. The van der Waals surface area contributed by atoms with Crippen LogP contribution < -0.4 is 5.73 Å². The lowest BCUT2D eigenvalue weighted by Crippen LogP contribution is -2.48. The van der Waals surface area contributed by atoms with Gasteiger partial charge in [0.2, 0.25) is 11.8 Å². The lowest BCUT2D eigenvalue weighted by atomic mass is 10.1. The number of amides is 2. The van der Waals surface area contributed by atoms with Crippen molar-refractivity contribution in [1.29, 1.82) is 0 Å². The van der Waals surface area contributed by atoms with E-state index in [1.165, 1.54) is 9.80 Å². The molecule has 0 spiro atoms. The molecule has 0 bridgehead atoms. The van der Waals surface area contributed by atoms with Crippen molar-refractivity contribution < 1.29 is 14.7 Å². The molecule has 0 heterocycles. The number of hydrogen-bond donors (Lipinski definition) is 2. The van der Waals surface area contributed by atoms with Crippen LogP contribution in [0.4, 0.5) is 0 Å². The van der Waals surface area contributed by atoms with Gasteiger partial charge in [0.15, 0.2) is 0 Å². The highest BCUT2D eigenvalue weighted by Gasteiger charge is 2.22. The summed E-state index contributed by atoms with van der Waals surface area (Å²) >= 11 is 0. The van der Waals surface area contributed by atoms with Gasteiger partial charge >= 0.3 is 0 Å². The predicted octanol–water partition coefficient (Wildman–Crippen LogP) is 0.199. The van der Waals surface area contributed by atoms with Crippen LogP contribution in [0.1, 0.15) is 12.5 Å². The molecule has 0 aliphatic rings. The Balaban J connectivity index is 2.66. The average molecular weight is 293 g/mol. The molecule has 6 nitrogen and oxygen atoms in total. The maximum Gasteiger partial charge on any atom is 0.241 e. The van der Waals surface area contributed by atoms with Crippen LogP contribution in [-0.2, 0) is 16.0 Å². The quantitative estimate of drug-likeness (QED) is 0.784. The van der Waals surface area contributed by atoms with Crippen LogP contribution in [0.15, 0.2) is 24.3 Å². The molecule has 2 amide bonds. The Kier molecular flexibility index (Phi) is 6.17. The van der Waals surface area contributed by atoms with Gasteiger partial charge in [0.05, 0.1) is 12.6 Å². The predicted molar refractivity (Wildman–Crippen MR) is 80.7 cm³/mol. The largest absolute Gasteiger partial charge is 0.508 e. The summed E-state index contributed by atoms with van der Waals surface area (Å²) in [5.41, 5.74) is 6.80. The Morgan fingerprint density at radius 2 is 1.81 bits per heavy atom. The zero-order chi connectivity index (χ0) is 16.0. The minimum absolute atomic E-state index is 0.0333. The molecule has 1 aromatic carbocycles. The second-order valence-electron chi connectivity index (χ2n) is 5.12. The molecule has 0 aliphatic carbocycles. The van der Waals surface area contributed by atoms with Crippen LogP contribution in [0.3, 0.4) is 0 Å². The molecule has 0 saturated heterocycles. The second kappa shape index (κ2) is 7.64. The summed E-state index contributed by atoms with van der Waals surface area (Å²) in [6, 6.07) is 5.86. The van der Waals surface area contributed by atoms with Crippen molar-refractivity contribution in [3.8, 4) is 5.75 Å². The number of likely N-dealkylation sites (N-methyl/N-ethyl adjacent to an activating group) is 2. The first-order chi connectivity index (χ1) is 9.85. The molecule has 0 saturated carbocycles. The normalized spacial score (nSPS) is 11.8. The number of carbonyl (C=O) groups excluding carboxylic acids is 2. The molecule has 6 heteroatoms. The van der Waals surface area contributed by atoms with E-state index >= 15 is 0 Å². The lowest BCUT2D eigenvalue weighted by Gasteiger charge is -2.25. The molecular formula is C15H23N3O3. The Bertz CT molecular complexity index is 485. The third-order valence-electron chi connectivity index (χ3n) is 3.23. The van der Waals surface area contributed by atoms with Gasteiger partial charge in [-0.25, -0.2) is 0 Å². The van der Waals surface area contributed by atoms with E-state index < -0.39 is 6.04 Å². The highest BCUT2D eigenvalue weighted by atomic mass is 16.3. The minimum Gasteiger partial charge on any atom is -0.508 e. The van der Waals surface area contributed by atoms with E-state index in [9.17, 15) is 14.7 Å². The summed E-state index contributed by atoms with van der Waals surface area (Å²) in [6.07, 6.45) is 0.367. The van der Waals surface area contributed by atoms with Crippen molar-refractivity contribution in [3.05, 3.63) is 29.8 Å². The lowest BCUT2D eigenvalue weighted by molar-refractivity contribution is -0.139. The van der Waals surface area contributed by atoms with Gasteiger partial charge in [-0.15, -0.1) is 0 Å². The van der Waals surface area contributed by atoms with Crippen molar-refractivity contribution in [3.63, 3.8) is 0 Å². The van der Waals surface area contributed by atoms with Gasteiger partial charge < -0.3 is 20.6 Å². The first kappa shape index (κ1) is 17.0. The highest BCUT2D eigenvalue weighted by Crippen LogP contribution is 2.11. The molecule has 0 fully saturated rings. The summed E-state index contributed by atoms with van der Waals surface area (Å²) in [5, 5.41) is 9.23. The molecule has 1 rings (SSSR count). The number of benzene rings is 1. The fourth-order valence-electron chi connectivity index (χ4n) is 1.86. The van der Waals surface area contributed by atoms with Crippen molar-refractivity contribution in [1.82, 2.24) is 9.80 Å². The number of carbonyl (C=O) groups is 2. The fraction of sp³-hybridized carbons (Fsp3) is 0.467. The van der Waals surface area contributed by atoms with Crippen molar-refractivity contribution >= 4 is 11.8 Å². The highest BCUT2D eigenvalue weighted by molar-refractivity contribution is 5.87.